The number of para-hydroxylation sites is 1. The van der Waals surface area contributed by atoms with Gasteiger partial charge in [0.2, 0.25) is 5.91 Å². The second-order valence-corrected chi connectivity index (χ2v) is 10.1. The Morgan fingerprint density at radius 2 is 1.89 bits per heavy atom. The fourth-order valence-electron chi connectivity index (χ4n) is 5.70. The molecular formula is C29H35N5OS. The van der Waals surface area contributed by atoms with Crippen LogP contribution in [0.4, 0.5) is 5.69 Å². The molecule has 36 heavy (non-hydrogen) atoms. The fraction of sp³-hybridized carbons (Fsp3) is 0.414. The van der Waals surface area contributed by atoms with Gasteiger partial charge in [-0.15, -0.1) is 0 Å². The van der Waals surface area contributed by atoms with Crippen molar-refractivity contribution in [3.63, 3.8) is 0 Å². The molecule has 0 unspecified atom stereocenters. The number of hydrogen-bond acceptors (Lipinski definition) is 3. The Labute approximate surface area is 219 Å². The third kappa shape index (κ3) is 5.16. The van der Waals surface area contributed by atoms with Crippen molar-refractivity contribution in [2.75, 3.05) is 11.9 Å². The molecule has 2 aliphatic rings. The van der Waals surface area contributed by atoms with Crippen LogP contribution in [-0.2, 0) is 11.2 Å². The fourth-order valence-corrected chi connectivity index (χ4v) is 6.03. The van der Waals surface area contributed by atoms with Crippen LogP contribution in [-0.4, -0.2) is 32.0 Å². The van der Waals surface area contributed by atoms with Gasteiger partial charge in [-0.25, -0.2) is 0 Å². The number of carbonyl (C=O) groups is 1. The van der Waals surface area contributed by atoms with Crippen LogP contribution in [0.25, 0.3) is 0 Å². The molecule has 1 aliphatic carbocycles. The molecule has 3 aromatic rings. The van der Waals surface area contributed by atoms with E-state index in [2.05, 4.69) is 62.5 Å². The highest BCUT2D eigenvalue weighted by Gasteiger charge is 2.41. The highest BCUT2D eigenvalue weighted by molar-refractivity contribution is 7.80. The van der Waals surface area contributed by atoms with E-state index < -0.39 is 0 Å². The van der Waals surface area contributed by atoms with Gasteiger partial charge in [-0.1, -0.05) is 50.5 Å². The first-order valence-electron chi connectivity index (χ1n) is 13.2. The van der Waals surface area contributed by atoms with Crippen LogP contribution in [0.2, 0.25) is 0 Å². The summed E-state index contributed by atoms with van der Waals surface area (Å²) in [6, 6.07) is 18.8. The standard InChI is InChI=1S/C29H35N5OS/c1-2-21-11-6-7-14-23(21)31-26(35)17-20-34-28(27(32-29(34)36)24-15-8-9-18-30-24)25-16-10-19-33(25)22-12-4-3-5-13-22/h6-11,14-16,18-19,22,27-28H,2-5,12-13,17,20H2,1H3,(H,31,35)(H,32,36)/t27-,28+/m0/s1. The van der Waals surface area contributed by atoms with E-state index in [-0.39, 0.29) is 18.0 Å². The molecule has 188 valence electrons. The number of pyridine rings is 1. The number of hydrogen-bond donors (Lipinski definition) is 2. The van der Waals surface area contributed by atoms with Crippen LogP contribution < -0.4 is 10.6 Å². The second-order valence-electron chi connectivity index (χ2n) is 9.76. The van der Waals surface area contributed by atoms with Crippen molar-refractivity contribution < 1.29 is 4.79 Å². The van der Waals surface area contributed by atoms with Crippen molar-refractivity contribution in [1.29, 1.82) is 0 Å². The lowest BCUT2D eigenvalue weighted by Gasteiger charge is -2.32. The van der Waals surface area contributed by atoms with Gasteiger partial charge in [0.1, 0.15) is 0 Å². The highest BCUT2D eigenvalue weighted by atomic mass is 32.1. The number of rotatable bonds is 8. The van der Waals surface area contributed by atoms with Crippen LogP contribution in [0.15, 0.2) is 67.0 Å². The summed E-state index contributed by atoms with van der Waals surface area (Å²) >= 11 is 5.84. The molecule has 0 bridgehead atoms. The zero-order valence-corrected chi connectivity index (χ0v) is 21.7. The van der Waals surface area contributed by atoms with E-state index in [9.17, 15) is 4.79 Å². The molecule has 1 saturated carbocycles. The van der Waals surface area contributed by atoms with Gasteiger partial charge < -0.3 is 20.1 Å². The topological polar surface area (TPSA) is 62.2 Å². The van der Waals surface area contributed by atoms with Crippen LogP contribution in [0.1, 0.15) is 80.5 Å². The zero-order chi connectivity index (χ0) is 24.9. The molecule has 6 nitrogen and oxygen atoms in total. The molecule has 1 saturated heterocycles. The summed E-state index contributed by atoms with van der Waals surface area (Å²) in [5, 5.41) is 7.31. The molecule has 7 heteroatoms. The van der Waals surface area contributed by atoms with Crippen LogP contribution >= 0.6 is 12.2 Å². The van der Waals surface area contributed by atoms with Gasteiger partial charge in [-0.2, -0.15) is 0 Å². The van der Waals surface area contributed by atoms with Gasteiger partial charge in [0, 0.05) is 42.8 Å². The summed E-state index contributed by atoms with van der Waals surface area (Å²) in [5.74, 6) is 0.00130. The molecule has 2 fully saturated rings. The number of carbonyl (C=O) groups excluding carboxylic acids is 1. The maximum atomic E-state index is 13.0. The van der Waals surface area contributed by atoms with E-state index in [0.29, 0.717) is 24.1 Å². The summed E-state index contributed by atoms with van der Waals surface area (Å²) in [4.78, 5) is 19.8. The third-order valence-electron chi connectivity index (χ3n) is 7.53. The molecule has 5 rings (SSSR count). The van der Waals surface area contributed by atoms with Crippen LogP contribution in [0.3, 0.4) is 0 Å². The lowest BCUT2D eigenvalue weighted by Crippen LogP contribution is -2.34. The first-order valence-corrected chi connectivity index (χ1v) is 13.6. The molecule has 3 heterocycles. The summed E-state index contributed by atoms with van der Waals surface area (Å²) in [6.07, 6.45) is 11.6. The summed E-state index contributed by atoms with van der Waals surface area (Å²) in [7, 11) is 0. The van der Waals surface area contributed by atoms with Crippen molar-refractivity contribution >= 4 is 28.9 Å². The number of nitrogens with one attached hydrogen (secondary N) is 2. The number of aryl methyl sites for hydroxylation is 1. The van der Waals surface area contributed by atoms with Gasteiger partial charge in [-0.3, -0.25) is 9.78 Å². The first-order chi connectivity index (χ1) is 17.7. The lowest BCUT2D eigenvalue weighted by molar-refractivity contribution is -0.116. The maximum absolute atomic E-state index is 13.0. The SMILES string of the molecule is CCc1ccccc1NC(=O)CCN1C(=S)N[C@@H](c2ccccn2)[C@H]1c1cccn1C1CCCCC1. The van der Waals surface area contributed by atoms with Crippen molar-refractivity contribution in [1.82, 2.24) is 19.8 Å². The number of aromatic nitrogens is 2. The summed E-state index contributed by atoms with van der Waals surface area (Å²) in [5.41, 5.74) is 4.23. The predicted molar refractivity (Wildman–Crippen MR) is 148 cm³/mol. The molecule has 0 spiro atoms. The van der Waals surface area contributed by atoms with Crippen molar-refractivity contribution in [3.8, 4) is 0 Å². The second kappa shape index (κ2) is 11.2. The van der Waals surface area contributed by atoms with Gasteiger partial charge in [0.15, 0.2) is 5.11 Å². The number of thiocarbonyl (C=S) groups is 1. The van der Waals surface area contributed by atoms with Gasteiger partial charge in [0.25, 0.3) is 0 Å². The van der Waals surface area contributed by atoms with E-state index in [1.807, 2.05) is 36.5 Å². The quantitative estimate of drug-likeness (QED) is 0.373. The van der Waals surface area contributed by atoms with Gasteiger partial charge in [-0.05, 0) is 67.4 Å². The van der Waals surface area contributed by atoms with E-state index in [1.165, 1.54) is 37.8 Å². The van der Waals surface area contributed by atoms with E-state index in [4.69, 9.17) is 12.2 Å². The Hall–Kier alpha value is -3.19. The largest absolute Gasteiger partial charge is 0.352 e. The van der Waals surface area contributed by atoms with Crippen LogP contribution in [0.5, 0.6) is 0 Å². The Morgan fingerprint density at radius 1 is 1.08 bits per heavy atom. The molecular weight excluding hydrogens is 466 g/mol. The highest BCUT2D eigenvalue weighted by Crippen LogP contribution is 2.41. The van der Waals surface area contributed by atoms with E-state index in [0.717, 1.165) is 23.4 Å². The Kier molecular flexibility index (Phi) is 7.66. The predicted octanol–water partition coefficient (Wildman–Crippen LogP) is 5.95. The number of anilines is 1. The van der Waals surface area contributed by atoms with Crippen LogP contribution in [0, 0.1) is 0 Å². The Balaban J connectivity index is 1.39. The van der Waals surface area contributed by atoms with Crippen molar-refractivity contribution in [2.24, 2.45) is 0 Å². The van der Waals surface area contributed by atoms with E-state index in [1.54, 1.807) is 0 Å². The molecule has 2 aromatic heterocycles. The third-order valence-corrected chi connectivity index (χ3v) is 7.89. The monoisotopic (exact) mass is 501 g/mol. The first kappa shape index (κ1) is 24.5. The number of amides is 1. The minimum atomic E-state index is -0.0696. The average Bonchev–Trinajstić information content (AvgIpc) is 3.53. The summed E-state index contributed by atoms with van der Waals surface area (Å²) < 4.78 is 2.46. The van der Waals surface area contributed by atoms with Gasteiger partial charge >= 0.3 is 0 Å². The zero-order valence-electron chi connectivity index (χ0n) is 20.9. The average molecular weight is 502 g/mol. The minimum Gasteiger partial charge on any atom is -0.352 e. The maximum Gasteiger partial charge on any atom is 0.226 e. The Bertz CT molecular complexity index is 1190. The number of benzene rings is 1. The lowest BCUT2D eigenvalue weighted by atomic mass is 9.94. The number of nitrogens with zero attached hydrogens (tertiary/aromatic N) is 3. The molecule has 1 aromatic carbocycles. The Morgan fingerprint density at radius 3 is 2.67 bits per heavy atom. The normalized spacial score (nSPS) is 20.4. The van der Waals surface area contributed by atoms with Crippen molar-refractivity contribution in [2.45, 2.75) is 70.0 Å². The van der Waals surface area contributed by atoms with E-state index >= 15 is 0 Å². The van der Waals surface area contributed by atoms with Gasteiger partial charge in [0.05, 0.1) is 17.8 Å². The molecule has 2 N–H and O–H groups in total. The summed E-state index contributed by atoms with van der Waals surface area (Å²) in [6.45, 7) is 2.64. The minimum absolute atomic E-state index is 0.00130. The molecule has 1 amide bonds. The van der Waals surface area contributed by atoms with Crippen molar-refractivity contribution in [3.05, 3.63) is 83.9 Å². The molecule has 1 aliphatic heterocycles. The molecule has 0 radical (unpaired) electrons. The molecule has 2 atom stereocenters. The smallest absolute Gasteiger partial charge is 0.226 e.